The van der Waals surface area contributed by atoms with E-state index >= 15 is 0 Å². The smallest absolute Gasteiger partial charge is 0.303 e. The van der Waals surface area contributed by atoms with Crippen LogP contribution in [0.15, 0.2) is 30.3 Å². The SMILES string of the molecule is CCCCCCC(C)(CCC(=O)O)CCc1ccccc1. The van der Waals surface area contributed by atoms with E-state index in [1.807, 2.05) is 6.07 Å². The molecule has 2 heteroatoms. The molecule has 1 N–H and O–H groups in total. The van der Waals surface area contributed by atoms with Crippen LogP contribution in [0.1, 0.15) is 70.8 Å². The monoisotopic (exact) mass is 290 g/mol. The third kappa shape index (κ3) is 7.89. The van der Waals surface area contributed by atoms with Crippen LogP contribution in [0.25, 0.3) is 0 Å². The van der Waals surface area contributed by atoms with Gasteiger partial charge in [0.25, 0.3) is 0 Å². The van der Waals surface area contributed by atoms with Crippen molar-refractivity contribution in [2.45, 2.75) is 71.6 Å². The molecule has 1 aromatic rings. The molecule has 2 nitrogen and oxygen atoms in total. The molecule has 1 aromatic carbocycles. The van der Waals surface area contributed by atoms with Crippen LogP contribution in [-0.2, 0) is 11.2 Å². The van der Waals surface area contributed by atoms with Gasteiger partial charge in [-0.05, 0) is 36.7 Å². The molecule has 21 heavy (non-hydrogen) atoms. The Morgan fingerprint density at radius 2 is 1.76 bits per heavy atom. The summed E-state index contributed by atoms with van der Waals surface area (Å²) in [6.45, 7) is 4.49. The highest BCUT2D eigenvalue weighted by atomic mass is 16.4. The first-order chi connectivity index (χ1) is 10.1. The Morgan fingerprint density at radius 1 is 1.05 bits per heavy atom. The average Bonchev–Trinajstić information content (AvgIpc) is 2.49. The lowest BCUT2D eigenvalue weighted by atomic mass is 9.76. The summed E-state index contributed by atoms with van der Waals surface area (Å²) in [5, 5.41) is 8.97. The summed E-state index contributed by atoms with van der Waals surface area (Å²) in [7, 11) is 0. The fraction of sp³-hybridized carbons (Fsp3) is 0.632. The van der Waals surface area contributed by atoms with E-state index in [9.17, 15) is 4.79 Å². The van der Waals surface area contributed by atoms with Gasteiger partial charge in [0.2, 0.25) is 0 Å². The van der Waals surface area contributed by atoms with E-state index in [0.717, 1.165) is 25.7 Å². The molecule has 0 fully saturated rings. The van der Waals surface area contributed by atoms with E-state index in [1.54, 1.807) is 0 Å². The number of carboxylic acids is 1. The summed E-state index contributed by atoms with van der Waals surface area (Å²) >= 11 is 0. The molecule has 0 saturated heterocycles. The first-order valence-electron chi connectivity index (χ1n) is 8.31. The number of carboxylic acid groups (broad SMARTS) is 1. The van der Waals surface area contributed by atoms with Gasteiger partial charge < -0.3 is 5.11 Å². The molecule has 0 spiro atoms. The van der Waals surface area contributed by atoms with Crippen LogP contribution in [-0.4, -0.2) is 11.1 Å². The first-order valence-corrected chi connectivity index (χ1v) is 8.31. The third-order valence-corrected chi connectivity index (χ3v) is 4.44. The number of aliphatic carboxylic acids is 1. The molecule has 1 unspecified atom stereocenters. The maximum atomic E-state index is 10.9. The first kappa shape index (κ1) is 17.7. The van der Waals surface area contributed by atoms with Gasteiger partial charge in [-0.1, -0.05) is 69.9 Å². The van der Waals surface area contributed by atoms with E-state index in [-0.39, 0.29) is 5.41 Å². The van der Waals surface area contributed by atoms with Crippen molar-refractivity contribution in [2.75, 3.05) is 0 Å². The van der Waals surface area contributed by atoms with Crippen LogP contribution in [0.2, 0.25) is 0 Å². The topological polar surface area (TPSA) is 37.3 Å². The van der Waals surface area contributed by atoms with Crippen LogP contribution in [0.5, 0.6) is 0 Å². The van der Waals surface area contributed by atoms with Crippen LogP contribution in [0.3, 0.4) is 0 Å². The van der Waals surface area contributed by atoms with Crippen molar-refractivity contribution in [3.63, 3.8) is 0 Å². The van der Waals surface area contributed by atoms with Crippen molar-refractivity contribution in [1.29, 1.82) is 0 Å². The summed E-state index contributed by atoms with van der Waals surface area (Å²) in [5.41, 5.74) is 1.51. The summed E-state index contributed by atoms with van der Waals surface area (Å²) < 4.78 is 0. The lowest BCUT2D eigenvalue weighted by molar-refractivity contribution is -0.137. The number of unbranched alkanes of at least 4 members (excludes halogenated alkanes) is 3. The molecule has 1 rings (SSSR count). The number of hydrogen-bond donors (Lipinski definition) is 1. The maximum Gasteiger partial charge on any atom is 0.303 e. The van der Waals surface area contributed by atoms with Gasteiger partial charge in [-0.15, -0.1) is 0 Å². The summed E-state index contributed by atoms with van der Waals surface area (Å²) in [6, 6.07) is 10.5. The summed E-state index contributed by atoms with van der Waals surface area (Å²) in [5.74, 6) is -0.672. The minimum atomic E-state index is -0.672. The zero-order chi connectivity index (χ0) is 15.6. The minimum Gasteiger partial charge on any atom is -0.481 e. The zero-order valence-electron chi connectivity index (χ0n) is 13.6. The molecule has 0 heterocycles. The molecule has 0 aliphatic rings. The molecule has 1 atom stereocenters. The molecule has 0 bridgehead atoms. The molecule has 0 saturated carbocycles. The van der Waals surface area contributed by atoms with Gasteiger partial charge in [-0.2, -0.15) is 0 Å². The maximum absolute atomic E-state index is 10.9. The standard InChI is InChI=1S/C19H30O2/c1-3-4-5-9-14-19(2,16-13-18(20)21)15-12-17-10-7-6-8-11-17/h6-8,10-11H,3-5,9,12-16H2,1-2H3,(H,20,21). The molecule has 0 aromatic heterocycles. The molecular formula is C19H30O2. The lowest BCUT2D eigenvalue weighted by Gasteiger charge is -2.29. The molecule has 0 aliphatic heterocycles. The largest absolute Gasteiger partial charge is 0.481 e. The molecule has 118 valence electrons. The summed E-state index contributed by atoms with van der Waals surface area (Å²) in [4.78, 5) is 10.9. The van der Waals surface area contributed by atoms with Crippen LogP contribution in [0, 0.1) is 5.41 Å². The Kier molecular flexibility index (Phi) is 8.11. The van der Waals surface area contributed by atoms with Crippen LogP contribution < -0.4 is 0 Å². The number of carbonyl (C=O) groups is 1. The highest BCUT2D eigenvalue weighted by Gasteiger charge is 2.24. The highest BCUT2D eigenvalue weighted by molar-refractivity contribution is 5.66. The van der Waals surface area contributed by atoms with Crippen molar-refractivity contribution in [3.05, 3.63) is 35.9 Å². The van der Waals surface area contributed by atoms with Crippen molar-refractivity contribution < 1.29 is 9.90 Å². The van der Waals surface area contributed by atoms with Gasteiger partial charge in [-0.25, -0.2) is 0 Å². The summed E-state index contributed by atoms with van der Waals surface area (Å²) in [6.07, 6.45) is 9.38. The molecule has 0 amide bonds. The second-order valence-corrected chi connectivity index (χ2v) is 6.50. The van der Waals surface area contributed by atoms with Gasteiger partial charge in [-0.3, -0.25) is 4.79 Å². The van der Waals surface area contributed by atoms with E-state index in [1.165, 1.54) is 31.2 Å². The van der Waals surface area contributed by atoms with Gasteiger partial charge >= 0.3 is 5.97 Å². The van der Waals surface area contributed by atoms with Crippen molar-refractivity contribution >= 4 is 5.97 Å². The van der Waals surface area contributed by atoms with Gasteiger partial charge in [0.15, 0.2) is 0 Å². The van der Waals surface area contributed by atoms with E-state index in [0.29, 0.717) is 6.42 Å². The fourth-order valence-corrected chi connectivity index (χ4v) is 2.85. The Hall–Kier alpha value is -1.31. The number of rotatable bonds is 11. The van der Waals surface area contributed by atoms with E-state index < -0.39 is 5.97 Å². The lowest BCUT2D eigenvalue weighted by Crippen LogP contribution is -2.19. The second-order valence-electron chi connectivity index (χ2n) is 6.50. The van der Waals surface area contributed by atoms with E-state index in [2.05, 4.69) is 38.1 Å². The van der Waals surface area contributed by atoms with E-state index in [4.69, 9.17) is 5.11 Å². The Labute approximate surface area is 129 Å². The Morgan fingerprint density at radius 3 is 2.38 bits per heavy atom. The molecular weight excluding hydrogens is 260 g/mol. The van der Waals surface area contributed by atoms with Crippen LogP contribution in [0.4, 0.5) is 0 Å². The molecule has 0 radical (unpaired) electrons. The number of aryl methyl sites for hydroxylation is 1. The fourth-order valence-electron chi connectivity index (χ4n) is 2.85. The van der Waals surface area contributed by atoms with Gasteiger partial charge in [0, 0.05) is 6.42 Å². The quantitative estimate of drug-likeness (QED) is 0.549. The second kappa shape index (κ2) is 9.59. The molecule has 0 aliphatic carbocycles. The highest BCUT2D eigenvalue weighted by Crippen LogP contribution is 2.35. The van der Waals surface area contributed by atoms with Crippen molar-refractivity contribution in [3.8, 4) is 0 Å². The predicted octanol–water partition coefficient (Wildman–Crippen LogP) is 5.46. The predicted molar refractivity (Wildman–Crippen MR) is 88.5 cm³/mol. The van der Waals surface area contributed by atoms with Gasteiger partial charge in [0.1, 0.15) is 0 Å². The number of benzene rings is 1. The average molecular weight is 290 g/mol. The zero-order valence-corrected chi connectivity index (χ0v) is 13.6. The van der Waals surface area contributed by atoms with Crippen LogP contribution >= 0.6 is 0 Å². The number of hydrogen-bond acceptors (Lipinski definition) is 1. The third-order valence-electron chi connectivity index (χ3n) is 4.44. The normalized spacial score (nSPS) is 13.8. The van der Waals surface area contributed by atoms with Gasteiger partial charge in [0.05, 0.1) is 0 Å². The van der Waals surface area contributed by atoms with Crippen molar-refractivity contribution in [2.24, 2.45) is 5.41 Å². The van der Waals surface area contributed by atoms with Crippen molar-refractivity contribution in [1.82, 2.24) is 0 Å². The Balaban J connectivity index is 2.51. The minimum absolute atomic E-state index is 0.155. The Bertz CT molecular complexity index is 399.